The molecule has 0 aromatic heterocycles. The lowest BCUT2D eigenvalue weighted by molar-refractivity contribution is 0.307. The summed E-state index contributed by atoms with van der Waals surface area (Å²) in [5, 5.41) is 3.81. The van der Waals surface area contributed by atoms with Gasteiger partial charge >= 0.3 is 0 Å². The van der Waals surface area contributed by atoms with Crippen LogP contribution in [0.4, 0.5) is 0 Å². The molecular formula is C17H35N. The van der Waals surface area contributed by atoms with Gasteiger partial charge in [-0.05, 0) is 38.1 Å². The molecule has 1 rings (SSSR count). The van der Waals surface area contributed by atoms with Crippen molar-refractivity contribution in [1.29, 1.82) is 0 Å². The number of rotatable bonds is 9. The smallest absolute Gasteiger partial charge is 0.00953 e. The summed E-state index contributed by atoms with van der Waals surface area (Å²) in [6, 6.07) is 0.832. The second-order valence-electron chi connectivity index (χ2n) is 6.16. The van der Waals surface area contributed by atoms with Crippen molar-refractivity contribution in [3.05, 3.63) is 0 Å². The van der Waals surface area contributed by atoms with Crippen LogP contribution in [0.2, 0.25) is 0 Å². The minimum absolute atomic E-state index is 0.832. The van der Waals surface area contributed by atoms with Crippen molar-refractivity contribution in [2.45, 2.75) is 96.9 Å². The van der Waals surface area contributed by atoms with E-state index in [1.165, 1.54) is 83.6 Å². The Morgan fingerprint density at radius 1 is 0.833 bits per heavy atom. The summed E-state index contributed by atoms with van der Waals surface area (Å²) in [5.74, 6) is 0.973. The zero-order valence-corrected chi connectivity index (χ0v) is 12.8. The number of hydrogen-bond acceptors (Lipinski definition) is 1. The van der Waals surface area contributed by atoms with Crippen molar-refractivity contribution in [2.24, 2.45) is 5.92 Å². The molecule has 0 aromatic carbocycles. The standard InChI is InChI=1S/C17H35N/c1-3-5-6-7-9-12-16-13-10-8-11-14-17(16)18-15-4-2/h16-18H,3-15H2,1-2H3. The first-order valence-corrected chi connectivity index (χ1v) is 8.61. The third-order valence-corrected chi connectivity index (χ3v) is 4.49. The number of nitrogens with one attached hydrogen (secondary N) is 1. The predicted molar refractivity (Wildman–Crippen MR) is 82.0 cm³/mol. The largest absolute Gasteiger partial charge is 0.314 e. The van der Waals surface area contributed by atoms with Crippen LogP contribution in [0.3, 0.4) is 0 Å². The maximum atomic E-state index is 3.81. The second kappa shape index (κ2) is 10.8. The minimum Gasteiger partial charge on any atom is -0.314 e. The van der Waals surface area contributed by atoms with Crippen LogP contribution in [0.15, 0.2) is 0 Å². The lowest BCUT2D eigenvalue weighted by atomic mass is 9.89. The molecule has 1 aliphatic rings. The summed E-state index contributed by atoms with van der Waals surface area (Å²) in [7, 11) is 0. The zero-order chi connectivity index (χ0) is 13.1. The normalized spacial score (nSPS) is 25.0. The van der Waals surface area contributed by atoms with E-state index in [1.807, 2.05) is 0 Å². The van der Waals surface area contributed by atoms with Gasteiger partial charge in [-0.1, -0.05) is 65.2 Å². The average molecular weight is 253 g/mol. The molecule has 1 heteroatoms. The van der Waals surface area contributed by atoms with Crippen LogP contribution in [-0.4, -0.2) is 12.6 Å². The Balaban J connectivity index is 2.23. The molecule has 1 N–H and O–H groups in total. The van der Waals surface area contributed by atoms with Crippen LogP contribution in [0.25, 0.3) is 0 Å². The van der Waals surface area contributed by atoms with E-state index in [2.05, 4.69) is 19.2 Å². The Hall–Kier alpha value is -0.0400. The molecule has 0 aromatic rings. The maximum absolute atomic E-state index is 3.81. The van der Waals surface area contributed by atoms with Gasteiger partial charge in [0.25, 0.3) is 0 Å². The van der Waals surface area contributed by atoms with Crippen LogP contribution in [0.5, 0.6) is 0 Å². The summed E-state index contributed by atoms with van der Waals surface area (Å²) >= 11 is 0. The first-order valence-electron chi connectivity index (χ1n) is 8.61. The lowest BCUT2D eigenvalue weighted by Gasteiger charge is -2.26. The van der Waals surface area contributed by atoms with Gasteiger partial charge in [-0.2, -0.15) is 0 Å². The highest BCUT2D eigenvalue weighted by Crippen LogP contribution is 2.28. The predicted octanol–water partition coefficient (Wildman–Crippen LogP) is 5.30. The van der Waals surface area contributed by atoms with Gasteiger partial charge in [0, 0.05) is 6.04 Å². The van der Waals surface area contributed by atoms with Crippen LogP contribution in [-0.2, 0) is 0 Å². The van der Waals surface area contributed by atoms with Gasteiger partial charge in [-0.15, -0.1) is 0 Å². The molecule has 0 aliphatic heterocycles. The summed E-state index contributed by atoms with van der Waals surface area (Å²) in [6.45, 7) is 5.80. The van der Waals surface area contributed by atoms with E-state index in [9.17, 15) is 0 Å². The van der Waals surface area contributed by atoms with E-state index in [-0.39, 0.29) is 0 Å². The van der Waals surface area contributed by atoms with Crippen molar-refractivity contribution in [2.75, 3.05) is 6.54 Å². The highest BCUT2D eigenvalue weighted by atomic mass is 14.9. The third kappa shape index (κ3) is 6.78. The molecule has 0 spiro atoms. The SMILES string of the molecule is CCCCCCCC1CCCCCC1NCCC. The molecule has 0 heterocycles. The Kier molecular flexibility index (Phi) is 9.65. The van der Waals surface area contributed by atoms with E-state index < -0.39 is 0 Å². The highest BCUT2D eigenvalue weighted by Gasteiger charge is 2.22. The molecule has 1 nitrogen and oxygen atoms in total. The van der Waals surface area contributed by atoms with Crippen LogP contribution in [0.1, 0.15) is 90.9 Å². The Morgan fingerprint density at radius 3 is 2.39 bits per heavy atom. The topological polar surface area (TPSA) is 12.0 Å². The fourth-order valence-corrected chi connectivity index (χ4v) is 3.34. The van der Waals surface area contributed by atoms with Gasteiger partial charge in [-0.25, -0.2) is 0 Å². The Morgan fingerprint density at radius 2 is 1.61 bits per heavy atom. The quantitative estimate of drug-likeness (QED) is 0.434. The molecule has 1 saturated carbocycles. The molecule has 18 heavy (non-hydrogen) atoms. The van der Waals surface area contributed by atoms with Crippen LogP contribution >= 0.6 is 0 Å². The molecule has 2 unspecified atom stereocenters. The van der Waals surface area contributed by atoms with Crippen molar-refractivity contribution in [3.63, 3.8) is 0 Å². The molecule has 0 bridgehead atoms. The molecule has 108 valence electrons. The zero-order valence-electron chi connectivity index (χ0n) is 12.8. The molecule has 1 fully saturated rings. The molecular weight excluding hydrogens is 218 g/mol. The van der Waals surface area contributed by atoms with Gasteiger partial charge in [0.2, 0.25) is 0 Å². The van der Waals surface area contributed by atoms with Crippen LogP contribution in [0, 0.1) is 5.92 Å². The Bertz CT molecular complexity index is 178. The van der Waals surface area contributed by atoms with E-state index in [4.69, 9.17) is 0 Å². The Labute approximate surface area is 115 Å². The van der Waals surface area contributed by atoms with E-state index in [0.717, 1.165) is 12.0 Å². The number of hydrogen-bond donors (Lipinski definition) is 1. The van der Waals surface area contributed by atoms with Crippen LogP contribution < -0.4 is 5.32 Å². The van der Waals surface area contributed by atoms with Crippen molar-refractivity contribution >= 4 is 0 Å². The van der Waals surface area contributed by atoms with E-state index >= 15 is 0 Å². The summed E-state index contributed by atoms with van der Waals surface area (Å²) in [5.41, 5.74) is 0. The second-order valence-corrected chi connectivity index (χ2v) is 6.16. The molecule has 0 saturated heterocycles. The monoisotopic (exact) mass is 253 g/mol. The maximum Gasteiger partial charge on any atom is 0.00953 e. The van der Waals surface area contributed by atoms with E-state index in [1.54, 1.807) is 0 Å². The first kappa shape index (κ1) is 16.0. The van der Waals surface area contributed by atoms with Crippen molar-refractivity contribution in [1.82, 2.24) is 5.32 Å². The van der Waals surface area contributed by atoms with E-state index in [0.29, 0.717) is 0 Å². The van der Waals surface area contributed by atoms with Gasteiger partial charge in [-0.3, -0.25) is 0 Å². The van der Waals surface area contributed by atoms with Crippen molar-refractivity contribution < 1.29 is 0 Å². The lowest BCUT2D eigenvalue weighted by Crippen LogP contribution is -2.36. The van der Waals surface area contributed by atoms with Gasteiger partial charge in [0.15, 0.2) is 0 Å². The summed E-state index contributed by atoms with van der Waals surface area (Å²) in [4.78, 5) is 0. The molecule has 1 aliphatic carbocycles. The highest BCUT2D eigenvalue weighted by molar-refractivity contribution is 4.79. The average Bonchev–Trinajstić information content (AvgIpc) is 2.61. The molecule has 2 atom stereocenters. The summed E-state index contributed by atoms with van der Waals surface area (Å²) < 4.78 is 0. The third-order valence-electron chi connectivity index (χ3n) is 4.49. The van der Waals surface area contributed by atoms with Gasteiger partial charge in [0.05, 0.1) is 0 Å². The first-order chi connectivity index (χ1) is 8.88. The molecule has 0 amide bonds. The number of unbranched alkanes of at least 4 members (excludes halogenated alkanes) is 4. The fourth-order valence-electron chi connectivity index (χ4n) is 3.34. The van der Waals surface area contributed by atoms with Crippen molar-refractivity contribution in [3.8, 4) is 0 Å². The minimum atomic E-state index is 0.832. The van der Waals surface area contributed by atoms with Gasteiger partial charge in [0.1, 0.15) is 0 Å². The molecule has 0 radical (unpaired) electrons. The fraction of sp³-hybridized carbons (Fsp3) is 1.00. The van der Waals surface area contributed by atoms with Gasteiger partial charge < -0.3 is 5.32 Å². The summed E-state index contributed by atoms with van der Waals surface area (Å²) in [6.07, 6.45) is 17.2.